The Kier molecular flexibility index (Phi) is 3.28. The summed E-state index contributed by atoms with van der Waals surface area (Å²) in [6, 6.07) is 12.4. The zero-order valence-electron chi connectivity index (χ0n) is 10.4. The van der Waals surface area contributed by atoms with Gasteiger partial charge in [0.25, 0.3) is 0 Å². The van der Waals surface area contributed by atoms with E-state index < -0.39 is 5.82 Å². The van der Waals surface area contributed by atoms with Crippen LogP contribution in [0.3, 0.4) is 0 Å². The second kappa shape index (κ2) is 5.09. The van der Waals surface area contributed by atoms with Crippen molar-refractivity contribution < 1.29 is 4.39 Å². The molecule has 0 atom stereocenters. The highest BCUT2D eigenvalue weighted by Gasteiger charge is 2.12. The summed E-state index contributed by atoms with van der Waals surface area (Å²) in [5.74, 6) is -0.420. The Labute approximate surface area is 123 Å². The molecule has 0 spiro atoms. The molecule has 0 unspecified atom stereocenters. The van der Waals surface area contributed by atoms with Crippen LogP contribution in [-0.4, -0.2) is 4.98 Å². The van der Waals surface area contributed by atoms with E-state index in [0.29, 0.717) is 16.9 Å². The Bertz CT molecular complexity index is 772. The number of nitrogens with zero attached hydrogens (tertiary/aromatic N) is 1. The lowest BCUT2D eigenvalue weighted by molar-refractivity contribution is 0.634. The number of aromatic nitrogens is 1. The maximum Gasteiger partial charge on any atom is 0.150 e. The fraction of sp³-hybridized carbons (Fsp3) is 0. The van der Waals surface area contributed by atoms with Crippen LogP contribution in [0.15, 0.2) is 53.1 Å². The van der Waals surface area contributed by atoms with Crippen molar-refractivity contribution in [3.63, 3.8) is 0 Å². The first kappa shape index (κ1) is 12.9. The Morgan fingerprint density at radius 1 is 1.15 bits per heavy atom. The summed E-state index contributed by atoms with van der Waals surface area (Å²) < 4.78 is 15.1. The summed E-state index contributed by atoms with van der Waals surface area (Å²) in [4.78, 5) is 4.22. The van der Waals surface area contributed by atoms with Gasteiger partial charge in [-0.25, -0.2) is 4.39 Å². The molecule has 100 valence electrons. The minimum atomic E-state index is -0.420. The maximum absolute atomic E-state index is 14.2. The number of hydrogen-bond acceptors (Lipinski definition) is 3. The first-order chi connectivity index (χ1) is 9.65. The molecule has 1 aromatic heterocycles. The number of nitrogen functional groups attached to an aromatic ring is 1. The van der Waals surface area contributed by atoms with Crippen molar-refractivity contribution in [3.8, 4) is 0 Å². The van der Waals surface area contributed by atoms with Gasteiger partial charge in [0.1, 0.15) is 5.69 Å². The Hall–Kier alpha value is -2.14. The maximum atomic E-state index is 14.2. The van der Waals surface area contributed by atoms with Crippen LogP contribution < -0.4 is 11.1 Å². The minimum Gasteiger partial charge on any atom is -0.398 e. The van der Waals surface area contributed by atoms with Crippen molar-refractivity contribution in [2.24, 2.45) is 0 Å². The molecule has 0 amide bonds. The van der Waals surface area contributed by atoms with Crippen LogP contribution in [0.5, 0.6) is 0 Å². The number of nitrogens with two attached hydrogens (primary N) is 1. The molecule has 3 rings (SSSR count). The lowest BCUT2D eigenvalue weighted by Gasteiger charge is -2.12. The van der Waals surface area contributed by atoms with E-state index in [-0.39, 0.29) is 0 Å². The predicted molar refractivity (Wildman–Crippen MR) is 83.5 cm³/mol. The van der Waals surface area contributed by atoms with Crippen molar-refractivity contribution >= 4 is 43.9 Å². The van der Waals surface area contributed by atoms with E-state index in [0.717, 1.165) is 15.5 Å². The van der Waals surface area contributed by atoms with Crippen molar-refractivity contribution in [2.75, 3.05) is 11.1 Å². The normalized spacial score (nSPS) is 10.7. The summed E-state index contributed by atoms with van der Waals surface area (Å²) in [5.41, 5.74) is 7.84. The van der Waals surface area contributed by atoms with E-state index in [9.17, 15) is 4.39 Å². The molecule has 0 aliphatic rings. The van der Waals surface area contributed by atoms with Gasteiger partial charge in [-0.1, -0.05) is 15.9 Å². The average molecular weight is 332 g/mol. The van der Waals surface area contributed by atoms with Crippen LogP contribution in [0.4, 0.5) is 21.5 Å². The molecular formula is C15H11BrFN3. The SMILES string of the molecule is Nc1cc(F)c(Nc2ccc(Br)cc2)c2ncccc12. The van der Waals surface area contributed by atoms with Gasteiger partial charge in [0.05, 0.1) is 5.52 Å². The molecule has 2 aromatic carbocycles. The zero-order valence-corrected chi connectivity index (χ0v) is 12.0. The standard InChI is InChI=1S/C15H11BrFN3/c16-9-3-5-10(6-4-9)20-15-12(17)8-13(18)11-2-1-7-19-14(11)15/h1-8,20H,18H2. The number of benzene rings is 2. The largest absolute Gasteiger partial charge is 0.398 e. The molecule has 0 saturated carbocycles. The third-order valence-electron chi connectivity index (χ3n) is 2.99. The monoisotopic (exact) mass is 331 g/mol. The summed E-state index contributed by atoms with van der Waals surface area (Å²) >= 11 is 3.36. The summed E-state index contributed by atoms with van der Waals surface area (Å²) in [6.45, 7) is 0. The quantitative estimate of drug-likeness (QED) is 0.681. The van der Waals surface area contributed by atoms with Crippen LogP contribution >= 0.6 is 15.9 Å². The fourth-order valence-electron chi connectivity index (χ4n) is 2.03. The van der Waals surface area contributed by atoms with Gasteiger partial charge in [0, 0.05) is 27.4 Å². The average Bonchev–Trinajstić information content (AvgIpc) is 2.45. The van der Waals surface area contributed by atoms with Gasteiger partial charge in [-0.2, -0.15) is 0 Å². The van der Waals surface area contributed by atoms with Gasteiger partial charge in [-0.15, -0.1) is 0 Å². The number of pyridine rings is 1. The van der Waals surface area contributed by atoms with Crippen molar-refractivity contribution in [1.82, 2.24) is 4.98 Å². The molecule has 3 N–H and O–H groups in total. The van der Waals surface area contributed by atoms with Gasteiger partial charge >= 0.3 is 0 Å². The molecule has 20 heavy (non-hydrogen) atoms. The van der Waals surface area contributed by atoms with Crippen molar-refractivity contribution in [1.29, 1.82) is 0 Å². The lowest BCUT2D eigenvalue weighted by atomic mass is 10.1. The molecule has 0 radical (unpaired) electrons. The molecule has 1 heterocycles. The molecule has 3 nitrogen and oxygen atoms in total. The second-order valence-corrected chi connectivity index (χ2v) is 5.27. The number of anilines is 3. The Morgan fingerprint density at radius 2 is 1.90 bits per heavy atom. The van der Waals surface area contributed by atoms with Gasteiger partial charge in [0.15, 0.2) is 5.82 Å². The summed E-state index contributed by atoms with van der Waals surface area (Å²) in [6.07, 6.45) is 1.62. The Balaban J connectivity index is 2.13. The first-order valence-electron chi connectivity index (χ1n) is 6.00. The molecule has 0 fully saturated rings. The smallest absolute Gasteiger partial charge is 0.150 e. The van der Waals surface area contributed by atoms with E-state index in [2.05, 4.69) is 26.2 Å². The number of fused-ring (bicyclic) bond motifs is 1. The minimum absolute atomic E-state index is 0.331. The van der Waals surface area contributed by atoms with E-state index in [1.165, 1.54) is 6.07 Å². The third kappa shape index (κ3) is 2.32. The van der Waals surface area contributed by atoms with Crippen LogP contribution in [0.25, 0.3) is 10.9 Å². The van der Waals surface area contributed by atoms with Crippen molar-refractivity contribution in [3.05, 3.63) is 59.0 Å². The highest BCUT2D eigenvalue weighted by atomic mass is 79.9. The lowest BCUT2D eigenvalue weighted by Crippen LogP contribution is -1.99. The molecule has 0 aliphatic carbocycles. The van der Waals surface area contributed by atoms with E-state index in [1.54, 1.807) is 12.3 Å². The first-order valence-corrected chi connectivity index (χ1v) is 6.80. The van der Waals surface area contributed by atoms with E-state index in [4.69, 9.17) is 5.73 Å². The van der Waals surface area contributed by atoms with Crippen LogP contribution in [0.2, 0.25) is 0 Å². The number of rotatable bonds is 2. The fourth-order valence-corrected chi connectivity index (χ4v) is 2.30. The van der Waals surface area contributed by atoms with Crippen molar-refractivity contribution in [2.45, 2.75) is 0 Å². The van der Waals surface area contributed by atoms with Gasteiger partial charge < -0.3 is 11.1 Å². The molecule has 3 aromatic rings. The summed E-state index contributed by atoms with van der Waals surface area (Å²) in [7, 11) is 0. The topological polar surface area (TPSA) is 50.9 Å². The van der Waals surface area contributed by atoms with Crippen LogP contribution in [0.1, 0.15) is 0 Å². The zero-order chi connectivity index (χ0) is 14.1. The Morgan fingerprint density at radius 3 is 2.65 bits per heavy atom. The number of nitrogens with one attached hydrogen (secondary N) is 1. The third-order valence-corrected chi connectivity index (χ3v) is 3.52. The van der Waals surface area contributed by atoms with Gasteiger partial charge in [0.2, 0.25) is 0 Å². The molecule has 0 saturated heterocycles. The molecular weight excluding hydrogens is 321 g/mol. The van der Waals surface area contributed by atoms with Crippen LogP contribution in [0, 0.1) is 5.82 Å². The highest BCUT2D eigenvalue weighted by Crippen LogP contribution is 2.31. The summed E-state index contributed by atoms with van der Waals surface area (Å²) in [5, 5.41) is 3.79. The van der Waals surface area contributed by atoms with Gasteiger partial charge in [-0.05, 0) is 42.5 Å². The second-order valence-electron chi connectivity index (χ2n) is 4.35. The number of hydrogen-bond donors (Lipinski definition) is 2. The van der Waals surface area contributed by atoms with Gasteiger partial charge in [-0.3, -0.25) is 4.98 Å². The molecule has 5 heteroatoms. The number of halogens is 2. The predicted octanol–water partition coefficient (Wildman–Crippen LogP) is 4.46. The van der Waals surface area contributed by atoms with E-state index >= 15 is 0 Å². The van der Waals surface area contributed by atoms with E-state index in [1.807, 2.05) is 30.3 Å². The molecule has 0 aliphatic heterocycles. The highest BCUT2D eigenvalue weighted by molar-refractivity contribution is 9.10. The molecule has 0 bridgehead atoms. The van der Waals surface area contributed by atoms with Crippen LogP contribution in [-0.2, 0) is 0 Å².